The van der Waals surface area contributed by atoms with E-state index in [1.807, 2.05) is 0 Å². The van der Waals surface area contributed by atoms with Gasteiger partial charge in [0.2, 0.25) is 0 Å². The van der Waals surface area contributed by atoms with Crippen LogP contribution in [0.3, 0.4) is 0 Å². The number of aromatic nitrogens is 2. The van der Waals surface area contributed by atoms with E-state index in [9.17, 15) is 0 Å². The molecule has 0 amide bonds. The minimum absolute atomic E-state index is 0.903. The lowest BCUT2D eigenvalue weighted by molar-refractivity contribution is 0.919. The van der Waals surface area contributed by atoms with E-state index in [-0.39, 0.29) is 0 Å². The molecule has 0 aliphatic rings. The van der Waals surface area contributed by atoms with Crippen LogP contribution in [0.5, 0.6) is 0 Å². The van der Waals surface area contributed by atoms with E-state index in [2.05, 4.69) is 61.3 Å². The van der Waals surface area contributed by atoms with Gasteiger partial charge in [-0.3, -0.25) is 0 Å². The topological polar surface area (TPSA) is 29.9 Å². The lowest BCUT2D eigenvalue weighted by Gasteiger charge is -1.99. The van der Waals surface area contributed by atoms with Crippen LogP contribution in [0, 0.1) is 13.8 Å². The average molecular weight is 285 g/mol. The molecule has 3 aromatic rings. The number of aryl methyl sites for hydroxylation is 2. The first-order valence-corrected chi connectivity index (χ1v) is 7.75. The van der Waals surface area contributed by atoms with Crippen molar-refractivity contribution in [2.45, 2.75) is 20.8 Å². The third-order valence-corrected chi connectivity index (χ3v) is 4.54. The molecule has 104 valence electrons. The van der Waals surface area contributed by atoms with Crippen molar-refractivity contribution < 1.29 is 0 Å². The average Bonchev–Trinajstić information content (AvgIpc) is 2.95. The summed E-state index contributed by atoms with van der Waals surface area (Å²) in [5.74, 6) is 0. The van der Waals surface area contributed by atoms with E-state index in [1.54, 1.807) is 11.3 Å². The zero-order chi connectivity index (χ0) is 14.3. The molecule has 3 nitrogen and oxygen atoms in total. The van der Waals surface area contributed by atoms with Gasteiger partial charge in [-0.2, -0.15) is 0 Å². The molecule has 2 aromatic heterocycles. The standard InChI is InChI=1S/C16H19N3S/c1-5-17-16-18-13(9-20-16)15-11(3)19(4)14-7-6-10(2)8-12(14)15/h6-9H,5H2,1-4H3,(H,17,18). The zero-order valence-electron chi connectivity index (χ0n) is 12.3. The molecular weight excluding hydrogens is 266 g/mol. The minimum Gasteiger partial charge on any atom is -0.362 e. The van der Waals surface area contributed by atoms with Gasteiger partial charge in [-0.1, -0.05) is 11.6 Å². The predicted octanol–water partition coefficient (Wildman–Crippen LogP) is 4.35. The summed E-state index contributed by atoms with van der Waals surface area (Å²) < 4.78 is 2.25. The second kappa shape index (κ2) is 4.94. The molecule has 20 heavy (non-hydrogen) atoms. The van der Waals surface area contributed by atoms with Crippen LogP contribution in [0.1, 0.15) is 18.2 Å². The van der Waals surface area contributed by atoms with Crippen LogP contribution in [0.25, 0.3) is 22.2 Å². The summed E-state index contributed by atoms with van der Waals surface area (Å²) in [6, 6.07) is 6.61. The summed E-state index contributed by atoms with van der Waals surface area (Å²) in [4.78, 5) is 4.72. The fraction of sp³-hybridized carbons (Fsp3) is 0.312. The van der Waals surface area contributed by atoms with Crippen molar-refractivity contribution in [1.29, 1.82) is 0 Å². The van der Waals surface area contributed by atoms with E-state index in [4.69, 9.17) is 4.98 Å². The van der Waals surface area contributed by atoms with Gasteiger partial charge < -0.3 is 9.88 Å². The first-order valence-electron chi connectivity index (χ1n) is 6.87. The van der Waals surface area contributed by atoms with Crippen molar-refractivity contribution in [3.63, 3.8) is 0 Å². The molecule has 0 saturated heterocycles. The molecule has 1 N–H and O–H groups in total. The fourth-order valence-electron chi connectivity index (χ4n) is 2.63. The number of benzene rings is 1. The fourth-order valence-corrected chi connectivity index (χ4v) is 3.40. The summed E-state index contributed by atoms with van der Waals surface area (Å²) in [6.07, 6.45) is 0. The lowest BCUT2D eigenvalue weighted by Crippen LogP contribution is -1.95. The Labute approximate surface area is 123 Å². The second-order valence-corrected chi connectivity index (χ2v) is 5.97. The van der Waals surface area contributed by atoms with Gasteiger partial charge in [0.15, 0.2) is 5.13 Å². The largest absolute Gasteiger partial charge is 0.362 e. The highest BCUT2D eigenvalue weighted by Crippen LogP contribution is 2.35. The molecule has 0 atom stereocenters. The maximum Gasteiger partial charge on any atom is 0.183 e. The highest BCUT2D eigenvalue weighted by atomic mass is 32.1. The highest BCUT2D eigenvalue weighted by Gasteiger charge is 2.16. The molecule has 0 unspecified atom stereocenters. The molecule has 0 aliphatic carbocycles. The Bertz CT molecular complexity index is 767. The summed E-state index contributed by atoms with van der Waals surface area (Å²) in [7, 11) is 2.12. The number of fused-ring (bicyclic) bond motifs is 1. The molecule has 2 heterocycles. The number of hydrogen-bond acceptors (Lipinski definition) is 3. The predicted molar refractivity (Wildman–Crippen MR) is 87.7 cm³/mol. The van der Waals surface area contributed by atoms with Crippen molar-refractivity contribution in [3.05, 3.63) is 34.8 Å². The molecular formula is C16H19N3S. The summed E-state index contributed by atoms with van der Waals surface area (Å²) in [5.41, 5.74) is 6.14. The Balaban J connectivity index is 2.23. The molecule has 3 rings (SSSR count). The lowest BCUT2D eigenvalue weighted by atomic mass is 10.1. The Kier molecular flexibility index (Phi) is 3.26. The van der Waals surface area contributed by atoms with E-state index in [0.717, 1.165) is 17.4 Å². The molecule has 4 heteroatoms. The van der Waals surface area contributed by atoms with Gasteiger partial charge in [0.1, 0.15) is 0 Å². The van der Waals surface area contributed by atoms with Crippen molar-refractivity contribution in [2.24, 2.45) is 7.05 Å². The SMILES string of the molecule is CCNc1nc(-c2c(C)n(C)c3ccc(C)cc23)cs1. The van der Waals surface area contributed by atoms with Gasteiger partial charge in [0.05, 0.1) is 5.69 Å². The second-order valence-electron chi connectivity index (χ2n) is 5.11. The summed E-state index contributed by atoms with van der Waals surface area (Å²) >= 11 is 1.67. The maximum absolute atomic E-state index is 4.72. The quantitative estimate of drug-likeness (QED) is 0.775. The van der Waals surface area contributed by atoms with Gasteiger partial charge in [0.25, 0.3) is 0 Å². The van der Waals surface area contributed by atoms with Crippen LogP contribution in [0.4, 0.5) is 5.13 Å². The molecule has 0 bridgehead atoms. The van der Waals surface area contributed by atoms with Gasteiger partial charge >= 0.3 is 0 Å². The molecule has 0 fully saturated rings. The van der Waals surface area contributed by atoms with Crippen LogP contribution in [0.2, 0.25) is 0 Å². The first kappa shape index (κ1) is 13.2. The monoisotopic (exact) mass is 285 g/mol. The summed E-state index contributed by atoms with van der Waals surface area (Å²) in [6.45, 7) is 7.29. The van der Waals surface area contributed by atoms with Gasteiger partial charge in [-0.25, -0.2) is 4.98 Å². The van der Waals surface area contributed by atoms with E-state index in [1.165, 1.54) is 27.7 Å². The number of nitrogens with one attached hydrogen (secondary N) is 1. The summed E-state index contributed by atoms with van der Waals surface area (Å²) in [5, 5.41) is 7.71. The minimum atomic E-state index is 0.903. The van der Waals surface area contributed by atoms with E-state index < -0.39 is 0 Å². The van der Waals surface area contributed by atoms with Crippen LogP contribution in [-0.2, 0) is 7.05 Å². The van der Waals surface area contributed by atoms with Crippen LogP contribution < -0.4 is 5.32 Å². The Hall–Kier alpha value is -1.81. The number of hydrogen-bond donors (Lipinski definition) is 1. The van der Waals surface area contributed by atoms with Crippen molar-refractivity contribution in [1.82, 2.24) is 9.55 Å². The smallest absolute Gasteiger partial charge is 0.183 e. The Morgan fingerprint density at radius 2 is 2.10 bits per heavy atom. The van der Waals surface area contributed by atoms with Gasteiger partial charge in [-0.15, -0.1) is 11.3 Å². The molecule has 0 aliphatic heterocycles. The normalized spacial score (nSPS) is 11.2. The van der Waals surface area contributed by atoms with E-state index >= 15 is 0 Å². The number of nitrogens with zero attached hydrogens (tertiary/aromatic N) is 2. The number of rotatable bonds is 3. The zero-order valence-corrected chi connectivity index (χ0v) is 13.1. The van der Waals surface area contributed by atoms with E-state index in [0.29, 0.717) is 0 Å². The van der Waals surface area contributed by atoms with Crippen molar-refractivity contribution >= 4 is 27.4 Å². The van der Waals surface area contributed by atoms with Crippen LogP contribution >= 0.6 is 11.3 Å². The maximum atomic E-state index is 4.72. The Morgan fingerprint density at radius 1 is 1.30 bits per heavy atom. The Morgan fingerprint density at radius 3 is 2.85 bits per heavy atom. The molecule has 1 aromatic carbocycles. The molecule has 0 radical (unpaired) electrons. The van der Waals surface area contributed by atoms with Gasteiger partial charge in [0, 0.05) is 41.1 Å². The third kappa shape index (κ3) is 2.00. The van der Waals surface area contributed by atoms with Crippen LogP contribution in [-0.4, -0.2) is 16.1 Å². The highest BCUT2D eigenvalue weighted by molar-refractivity contribution is 7.14. The van der Waals surface area contributed by atoms with Gasteiger partial charge in [-0.05, 0) is 32.9 Å². The third-order valence-electron chi connectivity index (χ3n) is 3.74. The van der Waals surface area contributed by atoms with Crippen molar-refractivity contribution in [2.75, 3.05) is 11.9 Å². The first-order chi connectivity index (χ1) is 9.61. The van der Waals surface area contributed by atoms with Crippen LogP contribution in [0.15, 0.2) is 23.6 Å². The number of anilines is 1. The molecule has 0 spiro atoms. The molecule has 0 saturated carbocycles. The van der Waals surface area contributed by atoms with Crippen molar-refractivity contribution in [3.8, 4) is 11.3 Å². The number of thiazole rings is 1.